The summed E-state index contributed by atoms with van der Waals surface area (Å²) in [5.74, 6) is 0.986. The molecule has 1 aromatic heterocycles. The van der Waals surface area contributed by atoms with Crippen molar-refractivity contribution in [2.45, 2.75) is 38.8 Å². The molecule has 0 saturated heterocycles. The zero-order valence-electron chi connectivity index (χ0n) is 8.61. The average molecular weight is 191 g/mol. The summed E-state index contributed by atoms with van der Waals surface area (Å²) < 4.78 is 0. The van der Waals surface area contributed by atoms with E-state index in [0.29, 0.717) is 6.04 Å². The van der Waals surface area contributed by atoms with Gasteiger partial charge in [-0.25, -0.2) is 0 Å². The zero-order valence-corrected chi connectivity index (χ0v) is 8.61. The van der Waals surface area contributed by atoms with E-state index in [2.05, 4.69) is 22.4 Å². The van der Waals surface area contributed by atoms with Crippen molar-refractivity contribution in [3.8, 4) is 0 Å². The number of hydrogen-bond donors (Lipinski definition) is 1. The van der Waals surface area contributed by atoms with Crippen molar-refractivity contribution < 1.29 is 0 Å². The van der Waals surface area contributed by atoms with Gasteiger partial charge in [-0.15, -0.1) is 0 Å². The quantitative estimate of drug-likeness (QED) is 0.770. The monoisotopic (exact) mass is 191 g/mol. The largest absolute Gasteiger partial charge is 0.309 e. The molecule has 1 fully saturated rings. The molecule has 1 aliphatic rings. The number of rotatable bonds is 5. The van der Waals surface area contributed by atoms with Gasteiger partial charge in [0.25, 0.3) is 0 Å². The van der Waals surface area contributed by atoms with E-state index in [1.54, 1.807) is 6.20 Å². The van der Waals surface area contributed by atoms with Crippen LogP contribution in [0.25, 0.3) is 0 Å². The van der Waals surface area contributed by atoms with Gasteiger partial charge in [0.05, 0.1) is 5.69 Å². The number of nitrogens with zero attached hydrogens (tertiary/aromatic N) is 2. The molecule has 3 nitrogen and oxygen atoms in total. The van der Waals surface area contributed by atoms with Crippen LogP contribution in [-0.4, -0.2) is 16.2 Å². The summed E-state index contributed by atoms with van der Waals surface area (Å²) in [6, 6.07) is 4.53. The molecule has 1 aliphatic carbocycles. The van der Waals surface area contributed by atoms with Crippen molar-refractivity contribution in [1.82, 2.24) is 15.5 Å². The molecule has 1 N–H and O–H groups in total. The van der Waals surface area contributed by atoms with E-state index < -0.39 is 0 Å². The van der Waals surface area contributed by atoms with E-state index in [1.807, 2.05) is 12.1 Å². The van der Waals surface area contributed by atoms with Crippen LogP contribution in [0, 0.1) is 5.92 Å². The third kappa shape index (κ3) is 3.07. The van der Waals surface area contributed by atoms with Gasteiger partial charge >= 0.3 is 0 Å². The first-order chi connectivity index (χ1) is 6.84. The Labute approximate surface area is 84.9 Å². The van der Waals surface area contributed by atoms with Gasteiger partial charge in [0.2, 0.25) is 0 Å². The van der Waals surface area contributed by atoms with Gasteiger partial charge in [-0.1, -0.05) is 12.8 Å². The fourth-order valence-electron chi connectivity index (χ4n) is 1.64. The van der Waals surface area contributed by atoms with E-state index in [0.717, 1.165) is 18.2 Å². The summed E-state index contributed by atoms with van der Waals surface area (Å²) in [5.41, 5.74) is 1.02. The predicted octanol–water partition coefficient (Wildman–Crippen LogP) is 1.75. The second-order valence-electron chi connectivity index (χ2n) is 4.18. The van der Waals surface area contributed by atoms with Gasteiger partial charge in [0.15, 0.2) is 0 Å². The Hall–Kier alpha value is -0.960. The smallest absolute Gasteiger partial charge is 0.0769 e. The molecule has 2 rings (SSSR count). The summed E-state index contributed by atoms with van der Waals surface area (Å²) in [4.78, 5) is 0. The molecule has 1 atom stereocenters. The Morgan fingerprint density at radius 3 is 3.07 bits per heavy atom. The van der Waals surface area contributed by atoms with Crippen LogP contribution >= 0.6 is 0 Å². The molecule has 0 bridgehead atoms. The minimum Gasteiger partial charge on any atom is -0.309 e. The van der Waals surface area contributed by atoms with Gasteiger partial charge in [-0.05, 0) is 31.4 Å². The molecule has 76 valence electrons. The number of nitrogens with one attached hydrogen (secondary N) is 1. The van der Waals surface area contributed by atoms with E-state index in [4.69, 9.17) is 0 Å². The summed E-state index contributed by atoms with van der Waals surface area (Å²) in [5, 5.41) is 11.3. The maximum absolute atomic E-state index is 4.03. The molecule has 0 amide bonds. The average Bonchev–Trinajstić information content (AvgIpc) is 3.00. The molecule has 3 heteroatoms. The van der Waals surface area contributed by atoms with Crippen LogP contribution in [0.5, 0.6) is 0 Å². The van der Waals surface area contributed by atoms with Crippen molar-refractivity contribution in [2.75, 3.05) is 0 Å². The lowest BCUT2D eigenvalue weighted by atomic mass is 10.1. The van der Waals surface area contributed by atoms with Gasteiger partial charge < -0.3 is 5.32 Å². The highest BCUT2D eigenvalue weighted by molar-refractivity contribution is 4.98. The van der Waals surface area contributed by atoms with Crippen molar-refractivity contribution in [2.24, 2.45) is 5.92 Å². The van der Waals surface area contributed by atoms with Crippen LogP contribution in [0.3, 0.4) is 0 Å². The minimum atomic E-state index is 0.601. The molecule has 1 aromatic rings. The molecule has 0 spiro atoms. The van der Waals surface area contributed by atoms with Crippen LogP contribution < -0.4 is 5.32 Å². The first-order valence-corrected chi connectivity index (χ1v) is 5.34. The zero-order chi connectivity index (χ0) is 9.80. The van der Waals surface area contributed by atoms with Gasteiger partial charge in [-0.3, -0.25) is 0 Å². The highest BCUT2D eigenvalue weighted by Gasteiger charge is 2.23. The molecule has 0 aromatic carbocycles. The van der Waals surface area contributed by atoms with Gasteiger partial charge in [0, 0.05) is 18.8 Å². The lowest BCUT2D eigenvalue weighted by Crippen LogP contribution is -2.26. The van der Waals surface area contributed by atoms with E-state index in [-0.39, 0.29) is 0 Å². The minimum absolute atomic E-state index is 0.601. The van der Waals surface area contributed by atoms with Crippen molar-refractivity contribution in [1.29, 1.82) is 0 Å². The van der Waals surface area contributed by atoms with Crippen LogP contribution in [0.2, 0.25) is 0 Å². The summed E-state index contributed by atoms with van der Waals surface area (Å²) in [6.07, 6.45) is 5.87. The van der Waals surface area contributed by atoms with Gasteiger partial charge in [-0.2, -0.15) is 10.2 Å². The van der Waals surface area contributed by atoms with Gasteiger partial charge in [0.1, 0.15) is 0 Å². The Morgan fingerprint density at radius 2 is 2.43 bits per heavy atom. The van der Waals surface area contributed by atoms with E-state index >= 15 is 0 Å². The number of hydrogen-bond acceptors (Lipinski definition) is 3. The maximum Gasteiger partial charge on any atom is 0.0769 e. The molecule has 0 radical (unpaired) electrons. The Bertz CT molecular complexity index is 269. The Morgan fingerprint density at radius 1 is 1.57 bits per heavy atom. The highest BCUT2D eigenvalue weighted by Crippen LogP contribution is 2.33. The summed E-state index contributed by atoms with van der Waals surface area (Å²) in [7, 11) is 0. The topological polar surface area (TPSA) is 37.8 Å². The third-order valence-corrected chi connectivity index (χ3v) is 2.64. The van der Waals surface area contributed by atoms with E-state index in [1.165, 1.54) is 19.3 Å². The van der Waals surface area contributed by atoms with Crippen LogP contribution in [0.1, 0.15) is 31.9 Å². The molecular formula is C11H17N3. The van der Waals surface area contributed by atoms with Crippen LogP contribution in [-0.2, 0) is 6.54 Å². The first kappa shape index (κ1) is 9.59. The van der Waals surface area contributed by atoms with Crippen LogP contribution in [0.15, 0.2) is 18.3 Å². The molecular weight excluding hydrogens is 174 g/mol. The second kappa shape index (κ2) is 4.51. The highest BCUT2D eigenvalue weighted by atomic mass is 15.1. The third-order valence-electron chi connectivity index (χ3n) is 2.64. The fourth-order valence-corrected chi connectivity index (χ4v) is 1.64. The predicted molar refractivity (Wildman–Crippen MR) is 55.7 cm³/mol. The molecule has 1 heterocycles. The Balaban J connectivity index is 1.70. The SMILES string of the molecule is CC(CC1CC1)NCc1cccnn1. The summed E-state index contributed by atoms with van der Waals surface area (Å²) in [6.45, 7) is 3.08. The van der Waals surface area contributed by atoms with Crippen molar-refractivity contribution in [3.05, 3.63) is 24.0 Å². The Kier molecular flexibility index (Phi) is 3.09. The molecule has 14 heavy (non-hydrogen) atoms. The van der Waals surface area contributed by atoms with Crippen LogP contribution in [0.4, 0.5) is 0 Å². The fraction of sp³-hybridized carbons (Fsp3) is 0.636. The molecule has 1 saturated carbocycles. The van der Waals surface area contributed by atoms with E-state index in [9.17, 15) is 0 Å². The molecule has 1 unspecified atom stereocenters. The maximum atomic E-state index is 4.03. The second-order valence-corrected chi connectivity index (χ2v) is 4.18. The standard InChI is InChI=1S/C11H17N3/c1-9(7-10-4-5-10)12-8-11-3-2-6-13-14-11/h2-3,6,9-10,12H,4-5,7-8H2,1H3. The lowest BCUT2D eigenvalue weighted by Gasteiger charge is -2.12. The normalized spacial score (nSPS) is 18.1. The van der Waals surface area contributed by atoms with Crippen molar-refractivity contribution in [3.63, 3.8) is 0 Å². The lowest BCUT2D eigenvalue weighted by molar-refractivity contribution is 0.482. The molecule has 0 aliphatic heterocycles. The summed E-state index contributed by atoms with van der Waals surface area (Å²) >= 11 is 0. The first-order valence-electron chi connectivity index (χ1n) is 5.34. The number of aromatic nitrogens is 2. The van der Waals surface area contributed by atoms with Crippen molar-refractivity contribution >= 4 is 0 Å².